The van der Waals surface area contributed by atoms with Crippen LogP contribution in [0.5, 0.6) is 0 Å². The van der Waals surface area contributed by atoms with Crippen molar-refractivity contribution in [2.75, 3.05) is 40.3 Å². The van der Waals surface area contributed by atoms with Crippen molar-refractivity contribution in [3.63, 3.8) is 0 Å². The number of hydrogen-bond acceptors (Lipinski definition) is 6. The van der Waals surface area contributed by atoms with Crippen LogP contribution in [0.25, 0.3) is 11.1 Å². The molecular formula is C16H20N4O6S. The van der Waals surface area contributed by atoms with Gasteiger partial charge in [0, 0.05) is 46.3 Å². The lowest BCUT2D eigenvalue weighted by Gasteiger charge is -2.31. The monoisotopic (exact) mass is 396 g/mol. The van der Waals surface area contributed by atoms with Crippen molar-refractivity contribution < 1.29 is 22.4 Å². The number of amides is 2. The highest BCUT2D eigenvalue weighted by atomic mass is 32.2. The molecule has 0 N–H and O–H groups in total. The van der Waals surface area contributed by atoms with Gasteiger partial charge in [0.05, 0.1) is 10.4 Å². The summed E-state index contributed by atoms with van der Waals surface area (Å²) in [7, 11) is -0.633. The number of sulfonamides is 1. The van der Waals surface area contributed by atoms with Crippen molar-refractivity contribution >= 4 is 33.4 Å². The van der Waals surface area contributed by atoms with Gasteiger partial charge in [0.1, 0.15) is 6.54 Å². The SMILES string of the molecule is CN(C)C(=O)Cn1c(=O)oc2cc(S(=O)(=O)N3CCN(C=O)CC3)ccc21. The molecular weight excluding hydrogens is 376 g/mol. The lowest BCUT2D eigenvalue weighted by molar-refractivity contribution is -0.129. The van der Waals surface area contributed by atoms with Crippen LogP contribution in [0.15, 0.2) is 32.3 Å². The summed E-state index contributed by atoms with van der Waals surface area (Å²) < 4.78 is 33.2. The zero-order chi connectivity index (χ0) is 19.8. The number of benzene rings is 1. The molecule has 0 aliphatic carbocycles. The van der Waals surface area contributed by atoms with Crippen LogP contribution in [0.1, 0.15) is 0 Å². The van der Waals surface area contributed by atoms with Gasteiger partial charge in [0.2, 0.25) is 22.3 Å². The second-order valence-corrected chi connectivity index (χ2v) is 8.36. The Balaban J connectivity index is 1.92. The summed E-state index contributed by atoms with van der Waals surface area (Å²) >= 11 is 0. The van der Waals surface area contributed by atoms with Gasteiger partial charge >= 0.3 is 5.76 Å². The molecule has 1 aromatic carbocycles. The summed E-state index contributed by atoms with van der Waals surface area (Å²) in [5, 5.41) is 0. The average molecular weight is 396 g/mol. The smallest absolute Gasteiger partial charge is 0.408 e. The largest absolute Gasteiger partial charge is 0.420 e. The van der Waals surface area contributed by atoms with Crippen molar-refractivity contribution in [2.45, 2.75) is 11.4 Å². The third-order valence-electron chi connectivity index (χ3n) is 4.49. The molecule has 11 heteroatoms. The van der Waals surface area contributed by atoms with Gasteiger partial charge in [-0.3, -0.25) is 14.2 Å². The van der Waals surface area contributed by atoms with Crippen LogP contribution in [0.2, 0.25) is 0 Å². The number of piperazine rings is 1. The minimum atomic E-state index is -3.78. The molecule has 10 nitrogen and oxygen atoms in total. The highest BCUT2D eigenvalue weighted by Gasteiger charge is 2.29. The van der Waals surface area contributed by atoms with E-state index in [-0.39, 0.29) is 36.0 Å². The van der Waals surface area contributed by atoms with Gasteiger partial charge in [0.15, 0.2) is 5.58 Å². The van der Waals surface area contributed by atoms with E-state index in [0.717, 1.165) is 4.57 Å². The summed E-state index contributed by atoms with van der Waals surface area (Å²) in [4.78, 5) is 37.6. The molecule has 0 bridgehead atoms. The summed E-state index contributed by atoms with van der Waals surface area (Å²) in [6.45, 7) is 0.841. The van der Waals surface area contributed by atoms with Crippen molar-refractivity contribution in [3.8, 4) is 0 Å². The number of fused-ring (bicyclic) bond motifs is 1. The second-order valence-electron chi connectivity index (χ2n) is 6.42. The van der Waals surface area contributed by atoms with Crippen molar-refractivity contribution in [1.82, 2.24) is 18.7 Å². The zero-order valence-corrected chi connectivity index (χ0v) is 15.8. The molecule has 0 unspecified atom stereocenters. The maximum absolute atomic E-state index is 12.8. The maximum atomic E-state index is 12.8. The molecule has 1 aliphatic rings. The molecule has 1 fully saturated rings. The molecule has 146 valence electrons. The van der Waals surface area contributed by atoms with Crippen molar-refractivity contribution in [3.05, 3.63) is 28.7 Å². The first kappa shape index (κ1) is 19.1. The molecule has 27 heavy (non-hydrogen) atoms. The molecule has 2 aromatic rings. The molecule has 3 rings (SSSR count). The van der Waals surface area contributed by atoms with Crippen molar-refractivity contribution in [1.29, 1.82) is 0 Å². The Morgan fingerprint density at radius 1 is 1.22 bits per heavy atom. The molecule has 0 spiro atoms. The Bertz CT molecular complexity index is 1030. The molecule has 2 heterocycles. The summed E-state index contributed by atoms with van der Waals surface area (Å²) in [5.41, 5.74) is 0.444. The standard InChI is InChI=1S/C16H20N4O6S/c1-17(2)15(22)10-20-13-4-3-12(9-14(13)26-16(20)23)27(24,25)19-7-5-18(11-21)6-8-19/h3-4,9,11H,5-8,10H2,1-2H3. The van der Waals surface area contributed by atoms with Crippen LogP contribution in [-0.4, -0.2) is 79.7 Å². The normalized spacial score (nSPS) is 15.9. The summed E-state index contributed by atoms with van der Waals surface area (Å²) in [6.07, 6.45) is 0.697. The summed E-state index contributed by atoms with van der Waals surface area (Å²) in [6, 6.07) is 4.13. The minimum absolute atomic E-state index is 0.00520. The highest BCUT2D eigenvalue weighted by molar-refractivity contribution is 7.89. The van der Waals surface area contributed by atoms with E-state index in [1.165, 1.54) is 32.3 Å². The van der Waals surface area contributed by atoms with Crippen LogP contribution in [0.4, 0.5) is 0 Å². The van der Waals surface area contributed by atoms with E-state index in [2.05, 4.69) is 0 Å². The molecule has 1 aliphatic heterocycles. The number of oxazole rings is 1. The first-order valence-corrected chi connectivity index (χ1v) is 9.71. The number of carbonyl (C=O) groups excluding carboxylic acids is 2. The molecule has 0 radical (unpaired) electrons. The van der Waals surface area contributed by atoms with Gasteiger partial charge in [-0.1, -0.05) is 0 Å². The van der Waals surface area contributed by atoms with Gasteiger partial charge in [-0.25, -0.2) is 13.2 Å². The van der Waals surface area contributed by atoms with E-state index in [9.17, 15) is 22.8 Å². The summed E-state index contributed by atoms with van der Waals surface area (Å²) in [5.74, 6) is -1.01. The topological polar surface area (TPSA) is 113 Å². The van der Waals surface area contributed by atoms with Crippen LogP contribution in [0, 0.1) is 0 Å². The van der Waals surface area contributed by atoms with E-state index in [1.54, 1.807) is 14.1 Å². The van der Waals surface area contributed by atoms with Gasteiger partial charge in [-0.05, 0) is 12.1 Å². The van der Waals surface area contributed by atoms with Crippen LogP contribution >= 0.6 is 0 Å². The lowest BCUT2D eigenvalue weighted by Crippen LogP contribution is -2.47. The minimum Gasteiger partial charge on any atom is -0.408 e. The Labute approximate surface area is 155 Å². The van der Waals surface area contributed by atoms with E-state index in [1.807, 2.05) is 0 Å². The second kappa shape index (κ2) is 7.16. The molecule has 1 aromatic heterocycles. The number of hydrogen-bond donors (Lipinski definition) is 0. The van der Waals surface area contributed by atoms with Gasteiger partial charge in [-0.2, -0.15) is 4.31 Å². The van der Waals surface area contributed by atoms with Gasteiger partial charge in [0.25, 0.3) is 0 Å². The van der Waals surface area contributed by atoms with Crippen LogP contribution < -0.4 is 5.76 Å². The quantitative estimate of drug-likeness (QED) is 0.608. The predicted molar refractivity (Wildman–Crippen MR) is 95.6 cm³/mol. The number of rotatable bonds is 5. The number of aromatic nitrogens is 1. The lowest BCUT2D eigenvalue weighted by atomic mass is 10.3. The molecule has 2 amide bonds. The molecule has 1 saturated heterocycles. The third kappa shape index (κ3) is 3.60. The van der Waals surface area contributed by atoms with Crippen LogP contribution in [0.3, 0.4) is 0 Å². The fourth-order valence-corrected chi connectivity index (χ4v) is 4.27. The Morgan fingerprint density at radius 2 is 1.89 bits per heavy atom. The fourth-order valence-electron chi connectivity index (χ4n) is 2.83. The Hall–Kier alpha value is -2.66. The predicted octanol–water partition coefficient (Wildman–Crippen LogP) is -0.855. The highest BCUT2D eigenvalue weighted by Crippen LogP contribution is 2.22. The number of carbonyl (C=O) groups is 2. The van der Waals surface area contributed by atoms with Gasteiger partial charge in [-0.15, -0.1) is 0 Å². The number of nitrogens with zero attached hydrogens (tertiary/aromatic N) is 4. The molecule has 0 saturated carbocycles. The zero-order valence-electron chi connectivity index (χ0n) is 15.0. The third-order valence-corrected chi connectivity index (χ3v) is 6.39. The Kier molecular flexibility index (Phi) is 5.07. The van der Waals surface area contributed by atoms with Crippen LogP contribution in [-0.2, 0) is 26.2 Å². The number of likely N-dealkylation sites (N-methyl/N-ethyl adjacent to an activating group) is 1. The van der Waals surface area contributed by atoms with Crippen molar-refractivity contribution in [2.24, 2.45) is 0 Å². The average Bonchev–Trinajstić information content (AvgIpc) is 2.96. The van der Waals surface area contributed by atoms with E-state index >= 15 is 0 Å². The molecule has 0 atom stereocenters. The first-order chi connectivity index (χ1) is 12.7. The van der Waals surface area contributed by atoms with E-state index in [0.29, 0.717) is 25.0 Å². The first-order valence-electron chi connectivity index (χ1n) is 8.27. The van der Waals surface area contributed by atoms with Gasteiger partial charge < -0.3 is 14.2 Å². The fraction of sp³-hybridized carbons (Fsp3) is 0.438. The van der Waals surface area contributed by atoms with E-state index in [4.69, 9.17) is 4.42 Å². The Morgan fingerprint density at radius 3 is 2.48 bits per heavy atom. The van der Waals surface area contributed by atoms with E-state index < -0.39 is 15.8 Å². The maximum Gasteiger partial charge on any atom is 0.420 e.